The van der Waals surface area contributed by atoms with Crippen LogP contribution in [0.3, 0.4) is 0 Å². The number of ether oxygens (including phenoxy) is 1. The summed E-state index contributed by atoms with van der Waals surface area (Å²) >= 11 is 0. The van der Waals surface area contributed by atoms with E-state index in [1.807, 2.05) is 12.1 Å². The second kappa shape index (κ2) is 4.49. The number of fused-ring (bicyclic) bond motifs is 3. The van der Waals surface area contributed by atoms with Gasteiger partial charge in [-0.1, -0.05) is 26.0 Å². The summed E-state index contributed by atoms with van der Waals surface area (Å²) in [6, 6.07) is 5.87. The summed E-state index contributed by atoms with van der Waals surface area (Å²) in [7, 11) is 0. The van der Waals surface area contributed by atoms with Crippen molar-refractivity contribution in [2.45, 2.75) is 39.9 Å². The van der Waals surface area contributed by atoms with Crippen molar-refractivity contribution in [1.29, 1.82) is 0 Å². The highest BCUT2D eigenvalue weighted by molar-refractivity contribution is 5.88. The predicted octanol–water partition coefficient (Wildman–Crippen LogP) is 2.93. The van der Waals surface area contributed by atoms with E-state index in [4.69, 9.17) is 4.74 Å². The molecule has 1 aliphatic rings. The maximum atomic E-state index is 12.2. The Bertz CT molecular complexity index is 685. The Balaban J connectivity index is 2.24. The summed E-state index contributed by atoms with van der Waals surface area (Å²) in [6.07, 6.45) is 0.997. The first-order chi connectivity index (χ1) is 9.08. The molecule has 100 valence electrons. The van der Waals surface area contributed by atoms with Gasteiger partial charge in [0.05, 0.1) is 12.7 Å². The third kappa shape index (κ3) is 1.98. The quantitative estimate of drug-likeness (QED) is 0.853. The van der Waals surface area contributed by atoms with E-state index in [9.17, 15) is 4.79 Å². The largest absolute Gasteiger partial charge is 0.373 e. The summed E-state index contributed by atoms with van der Waals surface area (Å²) in [5.74, 6) is 0.462. The lowest BCUT2D eigenvalue weighted by Crippen LogP contribution is -2.30. The molecule has 2 heterocycles. The first kappa shape index (κ1) is 12.4. The van der Waals surface area contributed by atoms with Crippen LogP contribution in [0.4, 0.5) is 0 Å². The number of pyridine rings is 1. The average molecular weight is 257 g/mol. The van der Waals surface area contributed by atoms with Crippen LogP contribution in [0.15, 0.2) is 23.0 Å². The number of aromatic amines is 1. The number of nitrogens with one attached hydrogen (secondary N) is 1. The van der Waals surface area contributed by atoms with Gasteiger partial charge in [-0.05, 0) is 29.9 Å². The normalized spacial score (nSPS) is 18.8. The summed E-state index contributed by atoms with van der Waals surface area (Å²) in [4.78, 5) is 15.2. The molecular formula is C16H19NO2. The summed E-state index contributed by atoms with van der Waals surface area (Å²) in [5, 5.41) is 1.84. The minimum atomic E-state index is 0.0156. The van der Waals surface area contributed by atoms with E-state index in [0.29, 0.717) is 12.5 Å². The highest BCUT2D eigenvalue weighted by Gasteiger charge is 2.25. The van der Waals surface area contributed by atoms with Crippen LogP contribution in [-0.2, 0) is 17.8 Å². The number of H-pyrrole nitrogens is 1. The highest BCUT2D eigenvalue weighted by Crippen LogP contribution is 2.29. The lowest BCUT2D eigenvalue weighted by atomic mass is 9.93. The van der Waals surface area contributed by atoms with Crippen LogP contribution < -0.4 is 5.56 Å². The summed E-state index contributed by atoms with van der Waals surface area (Å²) in [6.45, 7) is 6.95. The van der Waals surface area contributed by atoms with Gasteiger partial charge in [-0.3, -0.25) is 4.79 Å². The van der Waals surface area contributed by atoms with Crippen LogP contribution in [0.2, 0.25) is 0 Å². The van der Waals surface area contributed by atoms with Crippen molar-refractivity contribution in [2.75, 3.05) is 0 Å². The lowest BCUT2D eigenvalue weighted by Gasteiger charge is -2.28. The Kier molecular flexibility index (Phi) is 2.94. The third-order valence-electron chi connectivity index (χ3n) is 4.04. The molecule has 0 spiro atoms. The first-order valence-electron chi connectivity index (χ1n) is 6.83. The average Bonchev–Trinajstić information content (AvgIpc) is 2.38. The van der Waals surface area contributed by atoms with Crippen molar-refractivity contribution in [3.05, 3.63) is 45.4 Å². The molecular weight excluding hydrogens is 238 g/mol. The SMILES string of the molecule is Cc1cccc2c(=O)[nH]c3c(c12)CO[C@@H](C(C)C)C3. The number of benzene rings is 1. The van der Waals surface area contributed by atoms with Crippen LogP contribution in [0.1, 0.15) is 30.7 Å². The molecule has 0 unspecified atom stereocenters. The van der Waals surface area contributed by atoms with Gasteiger partial charge in [0.1, 0.15) is 0 Å². The second-order valence-corrected chi connectivity index (χ2v) is 5.71. The fourth-order valence-electron chi connectivity index (χ4n) is 2.90. The lowest BCUT2D eigenvalue weighted by molar-refractivity contribution is -0.000836. The molecule has 3 heteroatoms. The molecule has 3 nitrogen and oxygen atoms in total. The molecule has 3 rings (SSSR count). The standard InChI is InChI=1S/C16H19NO2/c1-9(2)14-7-13-12(8-19-14)15-10(3)5-4-6-11(15)16(18)17-13/h4-6,9,14H,7-8H2,1-3H3,(H,17,18)/t14-/m1/s1. The zero-order valence-electron chi connectivity index (χ0n) is 11.6. The van der Waals surface area contributed by atoms with Crippen molar-refractivity contribution in [3.8, 4) is 0 Å². The fourth-order valence-corrected chi connectivity index (χ4v) is 2.90. The van der Waals surface area contributed by atoms with Crippen molar-refractivity contribution in [1.82, 2.24) is 4.98 Å². The Labute approximate surface area is 112 Å². The molecule has 0 saturated heterocycles. The molecule has 0 aliphatic carbocycles. The highest BCUT2D eigenvalue weighted by atomic mass is 16.5. The van der Waals surface area contributed by atoms with E-state index in [1.165, 1.54) is 0 Å². The molecule has 1 N–H and O–H groups in total. The van der Waals surface area contributed by atoms with E-state index in [-0.39, 0.29) is 11.7 Å². The van der Waals surface area contributed by atoms with E-state index < -0.39 is 0 Å². The molecule has 0 radical (unpaired) electrons. The summed E-state index contributed by atoms with van der Waals surface area (Å²) < 4.78 is 5.95. The Morgan fingerprint density at radius 1 is 1.37 bits per heavy atom. The van der Waals surface area contributed by atoms with Gasteiger partial charge in [0.15, 0.2) is 0 Å². The van der Waals surface area contributed by atoms with Crippen LogP contribution in [0, 0.1) is 12.8 Å². The Morgan fingerprint density at radius 2 is 2.16 bits per heavy atom. The number of hydrogen-bond donors (Lipinski definition) is 1. The zero-order chi connectivity index (χ0) is 13.6. The number of aryl methyl sites for hydroxylation is 1. The number of rotatable bonds is 1. The van der Waals surface area contributed by atoms with Gasteiger partial charge in [-0.15, -0.1) is 0 Å². The van der Waals surface area contributed by atoms with Gasteiger partial charge in [0.25, 0.3) is 5.56 Å². The smallest absolute Gasteiger partial charge is 0.256 e. The van der Waals surface area contributed by atoms with Crippen LogP contribution >= 0.6 is 0 Å². The summed E-state index contributed by atoms with van der Waals surface area (Å²) in [5.41, 5.74) is 3.37. The van der Waals surface area contributed by atoms with Crippen LogP contribution in [0.5, 0.6) is 0 Å². The zero-order valence-corrected chi connectivity index (χ0v) is 11.6. The monoisotopic (exact) mass is 257 g/mol. The molecule has 0 fully saturated rings. The fraction of sp³-hybridized carbons (Fsp3) is 0.438. The minimum absolute atomic E-state index is 0.0156. The van der Waals surface area contributed by atoms with Gasteiger partial charge in [0.2, 0.25) is 0 Å². The van der Waals surface area contributed by atoms with Gasteiger partial charge in [-0.25, -0.2) is 0 Å². The van der Waals surface area contributed by atoms with Crippen molar-refractivity contribution < 1.29 is 4.74 Å². The second-order valence-electron chi connectivity index (χ2n) is 5.71. The number of aromatic nitrogens is 1. The van der Waals surface area contributed by atoms with E-state index in [1.54, 1.807) is 0 Å². The molecule has 2 aromatic rings. The maximum Gasteiger partial charge on any atom is 0.256 e. The van der Waals surface area contributed by atoms with Crippen LogP contribution in [-0.4, -0.2) is 11.1 Å². The van der Waals surface area contributed by atoms with E-state index in [0.717, 1.165) is 34.0 Å². The molecule has 0 amide bonds. The minimum Gasteiger partial charge on any atom is -0.373 e. The molecule has 19 heavy (non-hydrogen) atoms. The van der Waals surface area contributed by atoms with Crippen LogP contribution in [0.25, 0.3) is 10.8 Å². The van der Waals surface area contributed by atoms with Gasteiger partial charge in [0, 0.05) is 23.1 Å². The Hall–Kier alpha value is -1.61. The molecule has 1 aliphatic heterocycles. The maximum absolute atomic E-state index is 12.2. The van der Waals surface area contributed by atoms with E-state index >= 15 is 0 Å². The first-order valence-corrected chi connectivity index (χ1v) is 6.83. The predicted molar refractivity (Wildman–Crippen MR) is 76.4 cm³/mol. The number of hydrogen-bond acceptors (Lipinski definition) is 2. The topological polar surface area (TPSA) is 42.1 Å². The van der Waals surface area contributed by atoms with Gasteiger partial charge in [-0.2, -0.15) is 0 Å². The molecule has 1 atom stereocenters. The Morgan fingerprint density at radius 3 is 2.89 bits per heavy atom. The molecule has 0 saturated carbocycles. The molecule has 0 bridgehead atoms. The van der Waals surface area contributed by atoms with Crippen molar-refractivity contribution in [3.63, 3.8) is 0 Å². The third-order valence-corrected chi connectivity index (χ3v) is 4.04. The van der Waals surface area contributed by atoms with E-state index in [2.05, 4.69) is 31.8 Å². The van der Waals surface area contributed by atoms with Crippen molar-refractivity contribution in [2.24, 2.45) is 5.92 Å². The van der Waals surface area contributed by atoms with Gasteiger partial charge >= 0.3 is 0 Å². The molecule has 1 aromatic heterocycles. The van der Waals surface area contributed by atoms with Crippen molar-refractivity contribution >= 4 is 10.8 Å². The van der Waals surface area contributed by atoms with Gasteiger partial charge < -0.3 is 9.72 Å². The molecule has 1 aromatic carbocycles.